The Morgan fingerprint density at radius 2 is 2.18 bits per heavy atom. The van der Waals surface area contributed by atoms with Crippen LogP contribution in [-0.4, -0.2) is 29.6 Å². The molecule has 1 saturated heterocycles. The van der Waals surface area contributed by atoms with Gasteiger partial charge in [0, 0.05) is 5.92 Å². The summed E-state index contributed by atoms with van der Waals surface area (Å²) in [6.07, 6.45) is 6.29. The molecule has 3 heterocycles. The Hall–Kier alpha value is -1.55. The van der Waals surface area contributed by atoms with Crippen molar-refractivity contribution in [2.45, 2.75) is 18.8 Å². The number of hydrogen-bond donors (Lipinski definition) is 1. The van der Waals surface area contributed by atoms with Crippen LogP contribution in [-0.2, 0) is 0 Å². The van der Waals surface area contributed by atoms with Crippen molar-refractivity contribution in [3.8, 4) is 5.75 Å². The number of aromatic nitrogens is 2. The molecule has 0 radical (unpaired) electrons. The minimum absolute atomic E-state index is 0.561. The Labute approximate surface area is 101 Å². The maximum atomic E-state index is 5.27. The Morgan fingerprint density at radius 3 is 2.94 bits per heavy atom. The van der Waals surface area contributed by atoms with Gasteiger partial charge in [-0.25, -0.2) is 4.98 Å². The Balaban J connectivity index is 2.02. The van der Waals surface area contributed by atoms with Crippen LogP contribution in [0.3, 0.4) is 0 Å². The molecule has 2 aromatic heterocycles. The van der Waals surface area contributed by atoms with E-state index in [1.54, 1.807) is 7.11 Å². The molecule has 90 valence electrons. The van der Waals surface area contributed by atoms with E-state index in [1.807, 2.05) is 18.5 Å². The molecular weight excluding hydrogens is 214 g/mol. The van der Waals surface area contributed by atoms with Crippen LogP contribution in [0.4, 0.5) is 0 Å². The van der Waals surface area contributed by atoms with Gasteiger partial charge >= 0.3 is 0 Å². The molecule has 2 aromatic rings. The van der Waals surface area contributed by atoms with Crippen LogP contribution >= 0.6 is 0 Å². The number of imidazole rings is 1. The number of nitrogens with zero attached hydrogens (tertiary/aromatic N) is 2. The number of fused-ring (bicyclic) bond motifs is 1. The minimum Gasteiger partial charge on any atom is -0.495 e. The molecule has 0 unspecified atom stereocenters. The molecule has 1 aliphatic heterocycles. The lowest BCUT2D eigenvalue weighted by atomic mass is 9.97. The van der Waals surface area contributed by atoms with Crippen LogP contribution in [0, 0.1) is 0 Å². The zero-order valence-corrected chi connectivity index (χ0v) is 10.0. The van der Waals surface area contributed by atoms with Crippen LogP contribution in [0.2, 0.25) is 0 Å². The first-order valence-corrected chi connectivity index (χ1v) is 6.10. The third-order valence-corrected chi connectivity index (χ3v) is 3.47. The van der Waals surface area contributed by atoms with E-state index in [-0.39, 0.29) is 0 Å². The van der Waals surface area contributed by atoms with Crippen molar-refractivity contribution in [1.82, 2.24) is 14.7 Å². The second kappa shape index (κ2) is 4.37. The Kier molecular flexibility index (Phi) is 2.73. The normalized spacial score (nSPS) is 17.5. The zero-order chi connectivity index (χ0) is 11.7. The molecular formula is C13H17N3O. The zero-order valence-electron chi connectivity index (χ0n) is 10.0. The molecule has 0 amide bonds. The van der Waals surface area contributed by atoms with Crippen LogP contribution in [0.15, 0.2) is 24.5 Å². The molecule has 1 N–H and O–H groups in total. The van der Waals surface area contributed by atoms with Gasteiger partial charge in [-0.05, 0) is 38.1 Å². The molecule has 1 fully saturated rings. The predicted molar refractivity (Wildman–Crippen MR) is 66.6 cm³/mol. The monoisotopic (exact) mass is 231 g/mol. The quantitative estimate of drug-likeness (QED) is 0.856. The summed E-state index contributed by atoms with van der Waals surface area (Å²) in [7, 11) is 1.70. The fourth-order valence-electron chi connectivity index (χ4n) is 2.49. The van der Waals surface area contributed by atoms with Crippen molar-refractivity contribution in [2.75, 3.05) is 20.2 Å². The predicted octanol–water partition coefficient (Wildman–Crippen LogP) is 1.81. The average molecular weight is 231 g/mol. The highest BCUT2D eigenvalue weighted by molar-refractivity contribution is 5.48. The molecule has 0 bridgehead atoms. The SMILES string of the molecule is COc1ccc2cnc(C3CCNCC3)n2c1. The summed E-state index contributed by atoms with van der Waals surface area (Å²) in [4.78, 5) is 4.57. The van der Waals surface area contributed by atoms with Crippen LogP contribution in [0.25, 0.3) is 5.52 Å². The summed E-state index contributed by atoms with van der Waals surface area (Å²) in [5, 5.41) is 3.39. The summed E-state index contributed by atoms with van der Waals surface area (Å²) in [5.74, 6) is 2.61. The number of pyridine rings is 1. The van der Waals surface area contributed by atoms with Gasteiger partial charge in [-0.15, -0.1) is 0 Å². The van der Waals surface area contributed by atoms with E-state index in [0.29, 0.717) is 5.92 Å². The van der Waals surface area contributed by atoms with E-state index in [2.05, 4.69) is 20.8 Å². The maximum Gasteiger partial charge on any atom is 0.135 e. The molecule has 17 heavy (non-hydrogen) atoms. The van der Waals surface area contributed by atoms with Gasteiger partial charge in [-0.2, -0.15) is 0 Å². The number of piperidine rings is 1. The molecule has 0 aliphatic carbocycles. The highest BCUT2D eigenvalue weighted by atomic mass is 16.5. The molecule has 0 aromatic carbocycles. The standard InChI is InChI=1S/C13H17N3O/c1-17-12-3-2-11-8-15-13(16(11)9-12)10-4-6-14-7-5-10/h2-3,8-10,14H,4-7H2,1H3. The lowest BCUT2D eigenvalue weighted by Crippen LogP contribution is -2.27. The van der Waals surface area contributed by atoms with E-state index >= 15 is 0 Å². The largest absolute Gasteiger partial charge is 0.495 e. The molecule has 4 heteroatoms. The van der Waals surface area contributed by atoms with Gasteiger partial charge in [0.2, 0.25) is 0 Å². The summed E-state index contributed by atoms with van der Waals surface area (Å²) in [6, 6.07) is 4.03. The highest BCUT2D eigenvalue weighted by Crippen LogP contribution is 2.26. The van der Waals surface area contributed by atoms with Gasteiger partial charge in [0.05, 0.1) is 25.0 Å². The first kappa shape index (κ1) is 10.6. The van der Waals surface area contributed by atoms with Crippen molar-refractivity contribution >= 4 is 5.52 Å². The summed E-state index contributed by atoms with van der Waals surface area (Å²) < 4.78 is 7.43. The second-order valence-corrected chi connectivity index (χ2v) is 4.50. The fourth-order valence-corrected chi connectivity index (χ4v) is 2.49. The van der Waals surface area contributed by atoms with Gasteiger partial charge in [0.1, 0.15) is 11.6 Å². The lowest BCUT2D eigenvalue weighted by Gasteiger charge is -2.21. The van der Waals surface area contributed by atoms with Crippen molar-refractivity contribution in [1.29, 1.82) is 0 Å². The van der Waals surface area contributed by atoms with Crippen LogP contribution in [0.5, 0.6) is 5.75 Å². The molecule has 0 spiro atoms. The third kappa shape index (κ3) is 1.89. The number of rotatable bonds is 2. The van der Waals surface area contributed by atoms with E-state index in [4.69, 9.17) is 4.74 Å². The number of ether oxygens (including phenoxy) is 1. The fraction of sp³-hybridized carbons (Fsp3) is 0.462. The van der Waals surface area contributed by atoms with E-state index in [1.165, 1.54) is 5.82 Å². The smallest absolute Gasteiger partial charge is 0.135 e. The molecule has 1 aliphatic rings. The lowest BCUT2D eigenvalue weighted by molar-refractivity contribution is 0.410. The maximum absolute atomic E-state index is 5.27. The first-order chi connectivity index (χ1) is 8.38. The molecule has 3 rings (SSSR count). The van der Waals surface area contributed by atoms with Crippen LogP contribution < -0.4 is 10.1 Å². The van der Waals surface area contributed by atoms with Gasteiger partial charge in [0.25, 0.3) is 0 Å². The topological polar surface area (TPSA) is 38.6 Å². The number of methoxy groups -OCH3 is 1. The molecule has 4 nitrogen and oxygen atoms in total. The van der Waals surface area contributed by atoms with Crippen molar-refractivity contribution in [3.05, 3.63) is 30.4 Å². The third-order valence-electron chi connectivity index (χ3n) is 3.47. The molecule has 0 saturated carbocycles. The van der Waals surface area contributed by atoms with Crippen molar-refractivity contribution < 1.29 is 4.74 Å². The first-order valence-electron chi connectivity index (χ1n) is 6.10. The van der Waals surface area contributed by atoms with Crippen molar-refractivity contribution in [2.24, 2.45) is 0 Å². The van der Waals surface area contributed by atoms with Crippen LogP contribution in [0.1, 0.15) is 24.6 Å². The number of hydrogen-bond acceptors (Lipinski definition) is 3. The van der Waals surface area contributed by atoms with Crippen molar-refractivity contribution in [3.63, 3.8) is 0 Å². The van der Waals surface area contributed by atoms with E-state index < -0.39 is 0 Å². The van der Waals surface area contributed by atoms with E-state index in [9.17, 15) is 0 Å². The van der Waals surface area contributed by atoms with Gasteiger partial charge < -0.3 is 10.1 Å². The number of nitrogens with one attached hydrogen (secondary N) is 1. The molecule has 0 atom stereocenters. The highest BCUT2D eigenvalue weighted by Gasteiger charge is 2.19. The average Bonchev–Trinajstić information content (AvgIpc) is 2.82. The van der Waals surface area contributed by atoms with Gasteiger partial charge in [0.15, 0.2) is 0 Å². The van der Waals surface area contributed by atoms with E-state index in [0.717, 1.165) is 37.2 Å². The second-order valence-electron chi connectivity index (χ2n) is 4.50. The van der Waals surface area contributed by atoms with Gasteiger partial charge in [-0.1, -0.05) is 0 Å². The minimum atomic E-state index is 0.561. The Morgan fingerprint density at radius 1 is 1.35 bits per heavy atom. The summed E-state index contributed by atoms with van der Waals surface area (Å²) >= 11 is 0. The Bertz CT molecular complexity index is 514. The summed E-state index contributed by atoms with van der Waals surface area (Å²) in [6.45, 7) is 2.17. The summed E-state index contributed by atoms with van der Waals surface area (Å²) in [5.41, 5.74) is 1.14. The van der Waals surface area contributed by atoms with Gasteiger partial charge in [-0.3, -0.25) is 4.40 Å².